The number of aliphatic imine (C=N–C) groups is 1. The standard InChI is InChI=1S/C9H11N3/c1-7-10-8-5-3-4-6-9(8)12(2)11-7/h3-6H,1-2H3,(H,10,11). The number of amidine groups is 1. The summed E-state index contributed by atoms with van der Waals surface area (Å²) in [5.41, 5.74) is 5.26. The average Bonchev–Trinajstić information content (AvgIpc) is 2.04. The van der Waals surface area contributed by atoms with Crippen molar-refractivity contribution in [3.05, 3.63) is 24.3 Å². The molecule has 0 saturated heterocycles. The van der Waals surface area contributed by atoms with Crippen LogP contribution in [0, 0.1) is 0 Å². The van der Waals surface area contributed by atoms with Crippen molar-refractivity contribution in [2.75, 3.05) is 12.1 Å². The molecule has 3 nitrogen and oxygen atoms in total. The Hall–Kier alpha value is -1.51. The predicted octanol–water partition coefficient (Wildman–Crippen LogP) is 1.69. The Morgan fingerprint density at radius 2 is 2.08 bits per heavy atom. The van der Waals surface area contributed by atoms with Crippen molar-refractivity contribution in [2.24, 2.45) is 4.99 Å². The molecule has 0 aliphatic carbocycles. The first-order chi connectivity index (χ1) is 5.77. The first-order valence-corrected chi connectivity index (χ1v) is 3.92. The van der Waals surface area contributed by atoms with Crippen molar-refractivity contribution in [3.8, 4) is 0 Å². The van der Waals surface area contributed by atoms with E-state index >= 15 is 0 Å². The van der Waals surface area contributed by atoms with Gasteiger partial charge in [0.05, 0.1) is 11.4 Å². The zero-order valence-corrected chi connectivity index (χ0v) is 7.20. The van der Waals surface area contributed by atoms with Gasteiger partial charge in [-0.15, -0.1) is 0 Å². The Labute approximate surface area is 71.7 Å². The van der Waals surface area contributed by atoms with Gasteiger partial charge in [0, 0.05) is 7.05 Å². The second-order valence-corrected chi connectivity index (χ2v) is 2.86. The Bertz CT molecular complexity index is 330. The molecule has 1 aromatic carbocycles. The van der Waals surface area contributed by atoms with Crippen LogP contribution in [-0.4, -0.2) is 12.9 Å². The van der Waals surface area contributed by atoms with Crippen LogP contribution in [0.15, 0.2) is 29.3 Å². The third-order valence-electron chi connectivity index (χ3n) is 1.86. The molecule has 1 N–H and O–H groups in total. The Morgan fingerprint density at radius 3 is 2.92 bits per heavy atom. The van der Waals surface area contributed by atoms with Crippen molar-refractivity contribution in [3.63, 3.8) is 0 Å². The van der Waals surface area contributed by atoms with Crippen molar-refractivity contribution in [1.82, 2.24) is 5.43 Å². The molecule has 0 fully saturated rings. The van der Waals surface area contributed by atoms with Gasteiger partial charge in [-0.05, 0) is 19.1 Å². The molecule has 1 heterocycles. The number of anilines is 1. The van der Waals surface area contributed by atoms with Crippen LogP contribution in [-0.2, 0) is 0 Å². The lowest BCUT2D eigenvalue weighted by atomic mass is 10.2. The second-order valence-electron chi connectivity index (χ2n) is 2.86. The van der Waals surface area contributed by atoms with Crippen LogP contribution in [0.25, 0.3) is 0 Å². The van der Waals surface area contributed by atoms with E-state index in [1.54, 1.807) is 0 Å². The van der Waals surface area contributed by atoms with E-state index in [9.17, 15) is 0 Å². The minimum absolute atomic E-state index is 0.927. The van der Waals surface area contributed by atoms with E-state index in [0.717, 1.165) is 17.2 Å². The largest absolute Gasteiger partial charge is 0.288 e. The van der Waals surface area contributed by atoms with Gasteiger partial charge < -0.3 is 0 Å². The van der Waals surface area contributed by atoms with Gasteiger partial charge in [0.2, 0.25) is 0 Å². The SMILES string of the molecule is CC1=Nc2ccccc2N(C)N1. The maximum Gasteiger partial charge on any atom is 0.118 e. The van der Waals surface area contributed by atoms with Gasteiger partial charge in [-0.25, -0.2) is 4.99 Å². The van der Waals surface area contributed by atoms with Crippen LogP contribution in [0.3, 0.4) is 0 Å². The zero-order valence-electron chi connectivity index (χ0n) is 7.20. The fraction of sp³-hybridized carbons (Fsp3) is 0.222. The number of rotatable bonds is 0. The Balaban J connectivity index is 2.55. The molecule has 1 aliphatic rings. The smallest absolute Gasteiger partial charge is 0.118 e. The van der Waals surface area contributed by atoms with Crippen LogP contribution in [0.4, 0.5) is 11.4 Å². The molecule has 0 bridgehead atoms. The minimum atomic E-state index is 0.927. The molecular weight excluding hydrogens is 150 g/mol. The van der Waals surface area contributed by atoms with E-state index in [1.807, 2.05) is 43.2 Å². The third kappa shape index (κ3) is 1.03. The summed E-state index contributed by atoms with van der Waals surface area (Å²) in [6.07, 6.45) is 0. The topological polar surface area (TPSA) is 27.6 Å². The van der Waals surface area contributed by atoms with Crippen molar-refractivity contribution in [2.45, 2.75) is 6.92 Å². The highest BCUT2D eigenvalue weighted by atomic mass is 15.5. The lowest BCUT2D eigenvalue weighted by molar-refractivity contribution is 0.860. The maximum absolute atomic E-state index is 4.36. The van der Waals surface area contributed by atoms with Crippen molar-refractivity contribution < 1.29 is 0 Å². The van der Waals surface area contributed by atoms with Gasteiger partial charge in [0.1, 0.15) is 5.84 Å². The normalized spacial score (nSPS) is 14.8. The number of hydrogen-bond acceptors (Lipinski definition) is 3. The van der Waals surface area contributed by atoms with Gasteiger partial charge in [0.25, 0.3) is 0 Å². The molecule has 0 radical (unpaired) electrons. The minimum Gasteiger partial charge on any atom is -0.288 e. The van der Waals surface area contributed by atoms with Gasteiger partial charge >= 0.3 is 0 Å². The lowest BCUT2D eigenvalue weighted by Crippen LogP contribution is -2.39. The lowest BCUT2D eigenvalue weighted by Gasteiger charge is -2.26. The van der Waals surface area contributed by atoms with Crippen LogP contribution in [0.2, 0.25) is 0 Å². The molecule has 0 saturated carbocycles. The molecule has 12 heavy (non-hydrogen) atoms. The predicted molar refractivity (Wildman–Crippen MR) is 50.7 cm³/mol. The van der Waals surface area contributed by atoms with Crippen molar-refractivity contribution >= 4 is 17.2 Å². The van der Waals surface area contributed by atoms with E-state index in [0.29, 0.717) is 0 Å². The van der Waals surface area contributed by atoms with Crippen LogP contribution < -0.4 is 10.4 Å². The highest BCUT2D eigenvalue weighted by Crippen LogP contribution is 2.28. The maximum atomic E-state index is 4.36. The van der Waals surface area contributed by atoms with Crippen molar-refractivity contribution in [1.29, 1.82) is 0 Å². The number of hydrogen-bond donors (Lipinski definition) is 1. The van der Waals surface area contributed by atoms with Gasteiger partial charge in [-0.2, -0.15) is 0 Å². The number of benzene rings is 1. The first kappa shape index (κ1) is 7.16. The summed E-state index contributed by atoms with van der Waals surface area (Å²) in [5.74, 6) is 0.927. The molecule has 0 amide bonds. The summed E-state index contributed by atoms with van der Waals surface area (Å²) in [7, 11) is 1.98. The van der Waals surface area contributed by atoms with E-state index < -0.39 is 0 Å². The van der Waals surface area contributed by atoms with Crippen LogP contribution in [0.1, 0.15) is 6.92 Å². The number of fused-ring (bicyclic) bond motifs is 1. The fourth-order valence-corrected chi connectivity index (χ4v) is 1.35. The summed E-state index contributed by atoms with van der Waals surface area (Å²) in [4.78, 5) is 4.36. The molecule has 0 aromatic heterocycles. The molecule has 62 valence electrons. The third-order valence-corrected chi connectivity index (χ3v) is 1.86. The van der Waals surface area contributed by atoms with Crippen LogP contribution >= 0.6 is 0 Å². The highest BCUT2D eigenvalue weighted by Gasteiger charge is 2.10. The van der Waals surface area contributed by atoms with E-state index in [1.165, 1.54) is 0 Å². The number of nitrogens with zero attached hydrogens (tertiary/aromatic N) is 2. The quantitative estimate of drug-likeness (QED) is 0.627. The molecule has 1 aliphatic heterocycles. The molecule has 1 aromatic rings. The van der Waals surface area contributed by atoms with E-state index in [2.05, 4.69) is 10.4 Å². The summed E-state index contributed by atoms with van der Waals surface area (Å²) < 4.78 is 0. The van der Waals surface area contributed by atoms with E-state index in [4.69, 9.17) is 0 Å². The molecule has 2 rings (SSSR count). The summed E-state index contributed by atoms with van der Waals surface area (Å²) >= 11 is 0. The van der Waals surface area contributed by atoms with Gasteiger partial charge in [-0.3, -0.25) is 10.4 Å². The highest BCUT2D eigenvalue weighted by molar-refractivity contribution is 5.89. The molecule has 3 heteroatoms. The number of nitrogens with one attached hydrogen (secondary N) is 1. The molecule has 0 unspecified atom stereocenters. The average molecular weight is 161 g/mol. The summed E-state index contributed by atoms with van der Waals surface area (Å²) in [5, 5.41) is 1.97. The number of hydrazine groups is 1. The number of para-hydroxylation sites is 2. The van der Waals surface area contributed by atoms with Gasteiger partial charge in [0.15, 0.2) is 0 Å². The fourth-order valence-electron chi connectivity index (χ4n) is 1.35. The molecule has 0 spiro atoms. The molecular formula is C9H11N3. The first-order valence-electron chi connectivity index (χ1n) is 3.92. The Morgan fingerprint density at radius 1 is 1.33 bits per heavy atom. The second kappa shape index (κ2) is 2.52. The zero-order chi connectivity index (χ0) is 8.55. The monoisotopic (exact) mass is 161 g/mol. The van der Waals surface area contributed by atoms with E-state index in [-0.39, 0.29) is 0 Å². The van der Waals surface area contributed by atoms with Crippen LogP contribution in [0.5, 0.6) is 0 Å². The molecule has 0 atom stereocenters. The van der Waals surface area contributed by atoms with Gasteiger partial charge in [-0.1, -0.05) is 12.1 Å². The summed E-state index contributed by atoms with van der Waals surface area (Å²) in [6, 6.07) is 8.05. The summed E-state index contributed by atoms with van der Waals surface area (Å²) in [6.45, 7) is 1.95. The Kier molecular flexibility index (Phi) is 1.50.